The summed E-state index contributed by atoms with van der Waals surface area (Å²) in [6.07, 6.45) is 1.66. The van der Waals surface area contributed by atoms with Crippen molar-refractivity contribution in [1.82, 2.24) is 0 Å². The minimum atomic E-state index is -0.604. The fourth-order valence-electron chi connectivity index (χ4n) is 1.01. The Bertz CT molecular complexity index is 125. The molecule has 0 amide bonds. The predicted molar refractivity (Wildman–Crippen MR) is 47.7 cm³/mol. The Morgan fingerprint density at radius 3 is 2.91 bits per heavy atom. The maximum atomic E-state index is 9.50. The highest BCUT2D eigenvalue weighted by Gasteiger charge is 2.29. The van der Waals surface area contributed by atoms with Gasteiger partial charge in [-0.3, -0.25) is 0 Å². The first-order valence-corrected chi connectivity index (χ1v) is 5.05. The van der Waals surface area contributed by atoms with E-state index in [4.69, 9.17) is 4.74 Å². The lowest BCUT2D eigenvalue weighted by atomic mass is 10.2. The summed E-state index contributed by atoms with van der Waals surface area (Å²) in [5.41, 5.74) is 0. The Labute approximate surface area is 72.3 Å². The van der Waals surface area contributed by atoms with E-state index in [2.05, 4.69) is 0 Å². The number of aliphatic hydroxyl groups excluding tert-OH is 1. The molecule has 0 aliphatic carbocycles. The molecular weight excluding hydrogens is 160 g/mol. The van der Waals surface area contributed by atoms with Gasteiger partial charge in [0.1, 0.15) is 0 Å². The first-order valence-electron chi connectivity index (χ1n) is 4.06. The van der Waals surface area contributed by atoms with Gasteiger partial charge in [0.15, 0.2) is 6.29 Å². The van der Waals surface area contributed by atoms with E-state index in [0.29, 0.717) is 6.61 Å². The number of ether oxygens (including phenoxy) is 1. The van der Waals surface area contributed by atoms with Crippen LogP contribution in [-0.4, -0.2) is 28.5 Å². The number of aliphatic hydroxyl groups is 1. The third-order valence-electron chi connectivity index (χ3n) is 1.88. The zero-order valence-corrected chi connectivity index (χ0v) is 7.99. The van der Waals surface area contributed by atoms with Crippen molar-refractivity contribution >= 4 is 11.8 Å². The molecule has 0 bridgehead atoms. The molecule has 66 valence electrons. The average molecular weight is 176 g/mol. The fraction of sp³-hybridized carbons (Fsp3) is 1.00. The van der Waals surface area contributed by atoms with Crippen LogP contribution in [0.15, 0.2) is 0 Å². The van der Waals surface area contributed by atoms with Gasteiger partial charge in [0.2, 0.25) is 0 Å². The maximum Gasteiger partial charge on any atom is 0.168 e. The molecule has 1 aliphatic heterocycles. The van der Waals surface area contributed by atoms with Crippen LogP contribution in [-0.2, 0) is 4.74 Å². The van der Waals surface area contributed by atoms with Gasteiger partial charge in [-0.2, -0.15) is 11.8 Å². The third kappa shape index (κ3) is 2.65. The van der Waals surface area contributed by atoms with E-state index in [9.17, 15) is 5.11 Å². The van der Waals surface area contributed by atoms with Crippen LogP contribution in [0.2, 0.25) is 0 Å². The lowest BCUT2D eigenvalue weighted by Crippen LogP contribution is -2.36. The van der Waals surface area contributed by atoms with Crippen molar-refractivity contribution < 1.29 is 9.84 Å². The van der Waals surface area contributed by atoms with Crippen molar-refractivity contribution in [3.05, 3.63) is 0 Å². The largest absolute Gasteiger partial charge is 0.367 e. The quantitative estimate of drug-likeness (QED) is 0.608. The predicted octanol–water partition coefficient (Wildman–Crippen LogP) is 1.63. The molecule has 0 aromatic carbocycles. The maximum absolute atomic E-state index is 9.50. The van der Waals surface area contributed by atoms with Crippen LogP contribution in [0.1, 0.15) is 26.7 Å². The van der Waals surface area contributed by atoms with Crippen LogP contribution in [0.3, 0.4) is 0 Å². The molecule has 3 heteroatoms. The monoisotopic (exact) mass is 176 g/mol. The number of rotatable bonds is 0. The normalized spacial score (nSPS) is 32.5. The Hall–Kier alpha value is 0.270. The first kappa shape index (κ1) is 9.36. The smallest absolute Gasteiger partial charge is 0.168 e. The molecule has 1 atom stereocenters. The number of thioether (sulfide) groups is 1. The molecule has 1 saturated heterocycles. The Balaban J connectivity index is 2.47. The van der Waals surface area contributed by atoms with Crippen molar-refractivity contribution in [3.63, 3.8) is 0 Å². The number of hydrogen-bond donors (Lipinski definition) is 1. The molecule has 0 radical (unpaired) electrons. The zero-order chi connectivity index (χ0) is 8.32. The minimum Gasteiger partial charge on any atom is -0.367 e. The molecule has 0 aromatic rings. The summed E-state index contributed by atoms with van der Waals surface area (Å²) in [5.74, 6) is 1.13. The van der Waals surface area contributed by atoms with Crippen LogP contribution in [0, 0.1) is 0 Å². The van der Waals surface area contributed by atoms with E-state index in [-0.39, 0.29) is 4.75 Å². The molecule has 1 rings (SSSR count). The lowest BCUT2D eigenvalue weighted by molar-refractivity contribution is -0.117. The minimum absolute atomic E-state index is 0.138. The highest BCUT2D eigenvalue weighted by atomic mass is 32.2. The van der Waals surface area contributed by atoms with E-state index in [1.165, 1.54) is 6.42 Å². The zero-order valence-electron chi connectivity index (χ0n) is 7.17. The Morgan fingerprint density at radius 2 is 2.18 bits per heavy atom. The summed E-state index contributed by atoms with van der Waals surface area (Å²) in [4.78, 5) is 0. The SMILES string of the molecule is CC1(C)SCCCCOC1O. The van der Waals surface area contributed by atoms with Crippen molar-refractivity contribution in [2.45, 2.75) is 37.7 Å². The highest BCUT2D eigenvalue weighted by Crippen LogP contribution is 2.31. The van der Waals surface area contributed by atoms with Gasteiger partial charge in [-0.1, -0.05) is 0 Å². The molecule has 0 spiro atoms. The van der Waals surface area contributed by atoms with Crippen LogP contribution >= 0.6 is 11.8 Å². The molecule has 2 nitrogen and oxygen atoms in total. The van der Waals surface area contributed by atoms with Crippen molar-refractivity contribution in [1.29, 1.82) is 0 Å². The lowest BCUT2D eigenvalue weighted by Gasteiger charge is -2.31. The van der Waals surface area contributed by atoms with E-state index < -0.39 is 6.29 Å². The summed E-state index contributed by atoms with van der Waals surface area (Å²) >= 11 is 1.79. The molecule has 0 saturated carbocycles. The van der Waals surface area contributed by atoms with Gasteiger partial charge in [0.25, 0.3) is 0 Å². The highest BCUT2D eigenvalue weighted by molar-refractivity contribution is 8.00. The second-order valence-corrected chi connectivity index (χ2v) is 5.13. The number of hydrogen-bond acceptors (Lipinski definition) is 3. The van der Waals surface area contributed by atoms with E-state index in [1.54, 1.807) is 11.8 Å². The average Bonchev–Trinajstić information content (AvgIpc) is 1.93. The van der Waals surface area contributed by atoms with Crippen molar-refractivity contribution in [3.8, 4) is 0 Å². The fourth-order valence-corrected chi connectivity index (χ4v) is 2.09. The van der Waals surface area contributed by atoms with E-state index >= 15 is 0 Å². The molecule has 1 heterocycles. The topological polar surface area (TPSA) is 29.5 Å². The second-order valence-electron chi connectivity index (χ2n) is 3.38. The van der Waals surface area contributed by atoms with Crippen molar-refractivity contribution in [2.75, 3.05) is 12.4 Å². The van der Waals surface area contributed by atoms with Crippen LogP contribution in [0.25, 0.3) is 0 Å². The molecule has 1 fully saturated rings. The van der Waals surface area contributed by atoms with Gasteiger partial charge < -0.3 is 9.84 Å². The standard InChI is InChI=1S/C8H16O2S/c1-8(2)7(9)10-5-3-4-6-11-8/h7,9H,3-6H2,1-2H3. The van der Waals surface area contributed by atoms with Crippen LogP contribution in [0.4, 0.5) is 0 Å². The van der Waals surface area contributed by atoms with Crippen molar-refractivity contribution in [2.24, 2.45) is 0 Å². The van der Waals surface area contributed by atoms with Gasteiger partial charge >= 0.3 is 0 Å². The van der Waals surface area contributed by atoms with Gasteiger partial charge in [-0.05, 0) is 32.4 Å². The van der Waals surface area contributed by atoms with Gasteiger partial charge in [0, 0.05) is 6.61 Å². The molecule has 1 unspecified atom stereocenters. The summed E-state index contributed by atoms with van der Waals surface area (Å²) < 4.78 is 5.09. The van der Waals surface area contributed by atoms with E-state index in [0.717, 1.165) is 12.2 Å². The van der Waals surface area contributed by atoms with Crippen LogP contribution in [0.5, 0.6) is 0 Å². The Morgan fingerprint density at radius 1 is 1.45 bits per heavy atom. The summed E-state index contributed by atoms with van der Waals surface area (Å²) in [6, 6.07) is 0. The van der Waals surface area contributed by atoms with Gasteiger partial charge in [-0.25, -0.2) is 0 Å². The molecule has 11 heavy (non-hydrogen) atoms. The summed E-state index contributed by atoms with van der Waals surface area (Å²) in [5, 5.41) is 9.50. The summed E-state index contributed by atoms with van der Waals surface area (Å²) in [7, 11) is 0. The summed E-state index contributed by atoms with van der Waals surface area (Å²) in [6.45, 7) is 4.74. The van der Waals surface area contributed by atoms with Gasteiger partial charge in [0.05, 0.1) is 4.75 Å². The van der Waals surface area contributed by atoms with E-state index in [1.807, 2.05) is 13.8 Å². The first-order chi connectivity index (χ1) is 5.13. The molecular formula is C8H16O2S. The Kier molecular flexibility index (Phi) is 3.22. The second kappa shape index (κ2) is 3.78. The molecule has 0 aromatic heterocycles. The molecule has 1 N–H and O–H groups in total. The van der Waals surface area contributed by atoms with Crippen LogP contribution < -0.4 is 0 Å². The third-order valence-corrected chi connectivity index (χ3v) is 3.32. The molecule has 1 aliphatic rings. The van der Waals surface area contributed by atoms with Gasteiger partial charge in [-0.15, -0.1) is 0 Å².